The topological polar surface area (TPSA) is 83.6 Å². The Balaban J connectivity index is 1.85. The minimum atomic E-state index is -0.223. The highest BCUT2D eigenvalue weighted by Gasteiger charge is 2.17. The molecule has 1 amide bonds. The summed E-state index contributed by atoms with van der Waals surface area (Å²) in [5, 5.41) is 15.9. The van der Waals surface area contributed by atoms with E-state index in [0.717, 1.165) is 12.8 Å². The van der Waals surface area contributed by atoms with E-state index in [2.05, 4.69) is 25.9 Å². The molecule has 88 valence electrons. The highest BCUT2D eigenvalue weighted by Crippen LogP contribution is 2.17. The zero-order chi connectivity index (χ0) is 11.2. The zero-order valence-electron chi connectivity index (χ0n) is 9.28. The van der Waals surface area contributed by atoms with E-state index in [9.17, 15) is 4.79 Å². The molecule has 1 saturated carbocycles. The van der Waals surface area contributed by atoms with Crippen LogP contribution in [-0.4, -0.2) is 32.6 Å². The van der Waals surface area contributed by atoms with Crippen molar-refractivity contribution in [1.82, 2.24) is 25.9 Å². The van der Waals surface area contributed by atoms with E-state index in [4.69, 9.17) is 0 Å². The molecule has 2 N–H and O–H groups in total. The number of nitrogens with zero attached hydrogens (tertiary/aromatic N) is 3. The summed E-state index contributed by atoms with van der Waals surface area (Å²) in [6.45, 7) is 0. The zero-order valence-corrected chi connectivity index (χ0v) is 9.28. The molecule has 16 heavy (non-hydrogen) atoms. The SMILES string of the molecule is O=C(NC1CCCCCCC1)c1nn[nH]n1. The molecule has 1 aromatic heterocycles. The van der Waals surface area contributed by atoms with Gasteiger partial charge in [0.1, 0.15) is 0 Å². The molecule has 0 aromatic carbocycles. The second kappa shape index (κ2) is 5.58. The normalized spacial score (nSPS) is 18.8. The Labute approximate surface area is 94.2 Å². The minimum Gasteiger partial charge on any atom is -0.346 e. The number of hydrogen-bond acceptors (Lipinski definition) is 4. The monoisotopic (exact) mass is 223 g/mol. The van der Waals surface area contributed by atoms with Gasteiger partial charge < -0.3 is 5.32 Å². The van der Waals surface area contributed by atoms with Crippen molar-refractivity contribution in [2.75, 3.05) is 0 Å². The largest absolute Gasteiger partial charge is 0.346 e. The molecular weight excluding hydrogens is 206 g/mol. The molecular formula is C10H17N5O. The van der Waals surface area contributed by atoms with Crippen LogP contribution in [0.25, 0.3) is 0 Å². The summed E-state index contributed by atoms with van der Waals surface area (Å²) in [6, 6.07) is 0.270. The number of H-pyrrole nitrogens is 1. The Morgan fingerprint density at radius 2 is 1.88 bits per heavy atom. The molecule has 0 bridgehead atoms. The van der Waals surface area contributed by atoms with Crippen molar-refractivity contribution >= 4 is 5.91 Å². The fourth-order valence-electron chi connectivity index (χ4n) is 2.11. The number of tetrazole rings is 1. The molecule has 2 rings (SSSR count). The van der Waals surface area contributed by atoms with Crippen LogP contribution < -0.4 is 5.32 Å². The number of nitrogens with one attached hydrogen (secondary N) is 2. The van der Waals surface area contributed by atoms with Gasteiger partial charge in [-0.1, -0.05) is 32.1 Å². The molecule has 0 unspecified atom stereocenters. The fraction of sp³-hybridized carbons (Fsp3) is 0.800. The van der Waals surface area contributed by atoms with Gasteiger partial charge in [0.2, 0.25) is 0 Å². The first-order valence-corrected chi connectivity index (χ1v) is 5.90. The first kappa shape index (κ1) is 11.0. The Morgan fingerprint density at radius 1 is 1.19 bits per heavy atom. The molecule has 0 atom stereocenters. The molecule has 0 radical (unpaired) electrons. The smallest absolute Gasteiger partial charge is 0.293 e. The Bertz CT molecular complexity index is 316. The Hall–Kier alpha value is -1.46. The molecule has 6 nitrogen and oxygen atoms in total. The summed E-state index contributed by atoms with van der Waals surface area (Å²) in [4.78, 5) is 11.7. The van der Waals surface area contributed by atoms with Crippen molar-refractivity contribution in [3.8, 4) is 0 Å². The molecule has 0 spiro atoms. The van der Waals surface area contributed by atoms with Crippen LogP contribution in [0, 0.1) is 0 Å². The van der Waals surface area contributed by atoms with E-state index in [0.29, 0.717) is 0 Å². The summed E-state index contributed by atoms with van der Waals surface area (Å²) >= 11 is 0. The van der Waals surface area contributed by atoms with Gasteiger partial charge in [-0.05, 0) is 18.1 Å². The number of amides is 1. The van der Waals surface area contributed by atoms with Crippen molar-refractivity contribution in [2.24, 2.45) is 0 Å². The number of aromatic nitrogens is 4. The lowest BCUT2D eigenvalue weighted by atomic mass is 9.97. The van der Waals surface area contributed by atoms with Crippen molar-refractivity contribution in [3.63, 3.8) is 0 Å². The first-order valence-electron chi connectivity index (χ1n) is 5.90. The second-order valence-electron chi connectivity index (χ2n) is 4.25. The average molecular weight is 223 g/mol. The van der Waals surface area contributed by atoms with Crippen molar-refractivity contribution in [1.29, 1.82) is 0 Å². The molecule has 1 aliphatic rings. The number of aromatic amines is 1. The summed E-state index contributed by atoms with van der Waals surface area (Å²) in [5.41, 5.74) is 0. The van der Waals surface area contributed by atoms with Crippen LogP contribution in [0.4, 0.5) is 0 Å². The van der Waals surface area contributed by atoms with Gasteiger partial charge in [0.05, 0.1) is 0 Å². The molecule has 1 aromatic rings. The van der Waals surface area contributed by atoms with Gasteiger partial charge in [-0.25, -0.2) is 0 Å². The van der Waals surface area contributed by atoms with E-state index >= 15 is 0 Å². The van der Waals surface area contributed by atoms with Crippen LogP contribution in [0.3, 0.4) is 0 Å². The predicted octanol–water partition coefficient (Wildman–Crippen LogP) is 1.04. The van der Waals surface area contributed by atoms with E-state index < -0.39 is 0 Å². The van der Waals surface area contributed by atoms with E-state index in [1.165, 1.54) is 32.1 Å². The van der Waals surface area contributed by atoms with Crippen LogP contribution in [0.5, 0.6) is 0 Å². The van der Waals surface area contributed by atoms with Gasteiger partial charge in [-0.15, -0.1) is 10.2 Å². The molecule has 6 heteroatoms. The van der Waals surface area contributed by atoms with Crippen LogP contribution in [0.2, 0.25) is 0 Å². The first-order chi connectivity index (χ1) is 7.86. The lowest BCUT2D eigenvalue weighted by molar-refractivity contribution is 0.0920. The van der Waals surface area contributed by atoms with Gasteiger partial charge in [-0.2, -0.15) is 5.21 Å². The van der Waals surface area contributed by atoms with E-state index in [1.54, 1.807) is 0 Å². The maximum absolute atomic E-state index is 11.7. The van der Waals surface area contributed by atoms with Gasteiger partial charge in [0, 0.05) is 6.04 Å². The van der Waals surface area contributed by atoms with Gasteiger partial charge in [-0.3, -0.25) is 4.79 Å². The number of hydrogen-bond donors (Lipinski definition) is 2. The average Bonchev–Trinajstić information content (AvgIpc) is 2.74. The molecule has 1 heterocycles. The predicted molar refractivity (Wildman–Crippen MR) is 57.8 cm³/mol. The third-order valence-electron chi connectivity index (χ3n) is 2.99. The highest BCUT2D eigenvalue weighted by molar-refractivity contribution is 5.90. The van der Waals surface area contributed by atoms with Gasteiger partial charge in [0.15, 0.2) is 0 Å². The summed E-state index contributed by atoms with van der Waals surface area (Å²) in [6.07, 6.45) is 8.37. The lowest BCUT2D eigenvalue weighted by Crippen LogP contribution is -2.35. The van der Waals surface area contributed by atoms with Gasteiger partial charge in [0.25, 0.3) is 11.7 Å². The van der Waals surface area contributed by atoms with Gasteiger partial charge >= 0.3 is 0 Å². The van der Waals surface area contributed by atoms with E-state index in [-0.39, 0.29) is 17.8 Å². The van der Waals surface area contributed by atoms with E-state index in [1.807, 2.05) is 0 Å². The highest BCUT2D eigenvalue weighted by atomic mass is 16.2. The van der Waals surface area contributed by atoms with Crippen LogP contribution in [0.15, 0.2) is 0 Å². The molecule has 0 saturated heterocycles. The quantitative estimate of drug-likeness (QED) is 0.784. The Kier molecular flexibility index (Phi) is 3.85. The number of carbonyl (C=O) groups is 1. The third-order valence-corrected chi connectivity index (χ3v) is 2.99. The number of rotatable bonds is 2. The molecule has 0 aliphatic heterocycles. The van der Waals surface area contributed by atoms with Crippen LogP contribution >= 0.6 is 0 Å². The fourth-order valence-corrected chi connectivity index (χ4v) is 2.11. The van der Waals surface area contributed by atoms with Crippen molar-refractivity contribution in [3.05, 3.63) is 5.82 Å². The Morgan fingerprint density at radius 3 is 2.50 bits per heavy atom. The standard InChI is InChI=1S/C10H17N5O/c16-10(9-12-14-15-13-9)11-8-6-4-2-1-3-5-7-8/h8H,1-7H2,(H,11,16)(H,12,13,14,15). The molecule has 1 fully saturated rings. The second-order valence-corrected chi connectivity index (χ2v) is 4.25. The van der Waals surface area contributed by atoms with Crippen molar-refractivity contribution < 1.29 is 4.79 Å². The molecule has 1 aliphatic carbocycles. The number of carbonyl (C=O) groups excluding carboxylic acids is 1. The van der Waals surface area contributed by atoms with Crippen LogP contribution in [-0.2, 0) is 0 Å². The third kappa shape index (κ3) is 3.01. The summed E-state index contributed by atoms with van der Waals surface area (Å²) in [5.74, 6) is -0.0959. The maximum Gasteiger partial charge on any atom is 0.293 e. The van der Waals surface area contributed by atoms with Crippen molar-refractivity contribution in [2.45, 2.75) is 51.0 Å². The maximum atomic E-state index is 11.7. The minimum absolute atomic E-state index is 0.127. The summed E-state index contributed by atoms with van der Waals surface area (Å²) < 4.78 is 0. The van der Waals surface area contributed by atoms with Crippen LogP contribution in [0.1, 0.15) is 55.6 Å². The lowest BCUT2D eigenvalue weighted by Gasteiger charge is -2.20. The summed E-state index contributed by atoms with van der Waals surface area (Å²) in [7, 11) is 0.